The summed E-state index contributed by atoms with van der Waals surface area (Å²) < 4.78 is 36.9. The molecule has 158 valence electrons. The largest absolute Gasteiger partial charge is 0.491 e. The zero-order valence-electron chi connectivity index (χ0n) is 16.1. The van der Waals surface area contributed by atoms with Gasteiger partial charge >= 0.3 is 5.97 Å². The Hall–Kier alpha value is -2.04. The Labute approximate surface area is 168 Å². The fourth-order valence-electron chi connectivity index (χ4n) is 1.93. The van der Waals surface area contributed by atoms with Crippen molar-refractivity contribution in [2.45, 2.75) is 0 Å². The molecular formula is C18H25ClO9. The zero-order valence-corrected chi connectivity index (χ0v) is 16.8. The second kappa shape index (κ2) is 14.0. The molecule has 9 nitrogen and oxygen atoms in total. The molecule has 0 aliphatic heterocycles. The fraction of sp³-hybridized carbons (Fsp3) is 0.500. The van der Waals surface area contributed by atoms with Gasteiger partial charge in [0, 0.05) is 25.9 Å². The summed E-state index contributed by atoms with van der Waals surface area (Å²) >= 11 is 6.32. The molecule has 0 radical (unpaired) electrons. The highest BCUT2D eigenvalue weighted by molar-refractivity contribution is 6.34. The Morgan fingerprint density at radius 3 is 2.14 bits per heavy atom. The third kappa shape index (κ3) is 8.32. The molecule has 28 heavy (non-hydrogen) atoms. The van der Waals surface area contributed by atoms with Crippen molar-refractivity contribution in [1.82, 2.24) is 0 Å². The van der Waals surface area contributed by atoms with E-state index in [2.05, 4.69) is 0 Å². The van der Waals surface area contributed by atoms with E-state index >= 15 is 0 Å². The summed E-state index contributed by atoms with van der Waals surface area (Å²) in [6.45, 7) is 1.32. The van der Waals surface area contributed by atoms with Gasteiger partial charge in [-0.15, -0.1) is 0 Å². The lowest BCUT2D eigenvalue weighted by Gasteiger charge is -2.18. The first kappa shape index (κ1) is 24.0. The van der Waals surface area contributed by atoms with Gasteiger partial charge in [-0.25, -0.2) is 4.79 Å². The van der Waals surface area contributed by atoms with E-state index in [1.165, 1.54) is 19.3 Å². The van der Waals surface area contributed by atoms with Crippen LogP contribution in [0.5, 0.6) is 17.2 Å². The number of halogens is 1. The molecule has 0 unspecified atom stereocenters. The molecule has 1 aromatic rings. The molecule has 10 heteroatoms. The summed E-state index contributed by atoms with van der Waals surface area (Å²) in [4.78, 5) is 10.8. The van der Waals surface area contributed by atoms with Crippen LogP contribution in [-0.4, -0.2) is 72.4 Å². The number of methoxy groups -OCH3 is 3. The van der Waals surface area contributed by atoms with Gasteiger partial charge in [-0.1, -0.05) is 11.6 Å². The van der Waals surface area contributed by atoms with Gasteiger partial charge in [-0.3, -0.25) is 0 Å². The standard InChI is InChI=1S/C18H25ClO9/c1-22-6-8-25-11-27-14-10-13(4-5-15(20)21)16(19)18(24-3)17(14)28-12-26-9-7-23-2/h4-5,10H,6-9,11-12H2,1-3H3,(H,20,21). The highest BCUT2D eigenvalue weighted by Crippen LogP contribution is 2.45. The van der Waals surface area contributed by atoms with Crippen molar-refractivity contribution in [1.29, 1.82) is 0 Å². The summed E-state index contributed by atoms with van der Waals surface area (Å²) in [6, 6.07) is 1.52. The smallest absolute Gasteiger partial charge is 0.328 e. The number of hydrogen-bond acceptors (Lipinski definition) is 8. The zero-order chi connectivity index (χ0) is 20.8. The number of hydrogen-bond donors (Lipinski definition) is 1. The minimum absolute atomic E-state index is 0.0862. The van der Waals surface area contributed by atoms with E-state index in [9.17, 15) is 4.79 Å². The monoisotopic (exact) mass is 420 g/mol. The molecule has 0 amide bonds. The lowest BCUT2D eigenvalue weighted by Crippen LogP contribution is -2.11. The number of ether oxygens (including phenoxy) is 7. The van der Waals surface area contributed by atoms with E-state index < -0.39 is 5.97 Å². The molecule has 0 saturated heterocycles. The van der Waals surface area contributed by atoms with Crippen LogP contribution in [0.1, 0.15) is 5.56 Å². The Morgan fingerprint density at radius 1 is 1.00 bits per heavy atom. The highest BCUT2D eigenvalue weighted by atomic mass is 35.5. The van der Waals surface area contributed by atoms with Crippen LogP contribution in [0, 0.1) is 0 Å². The normalized spacial score (nSPS) is 11.0. The number of carbonyl (C=O) groups is 1. The van der Waals surface area contributed by atoms with Crippen molar-refractivity contribution >= 4 is 23.6 Å². The van der Waals surface area contributed by atoms with Crippen molar-refractivity contribution in [3.63, 3.8) is 0 Å². The molecule has 0 saturated carbocycles. The maximum Gasteiger partial charge on any atom is 0.328 e. The lowest BCUT2D eigenvalue weighted by molar-refractivity contribution is -0.131. The first-order valence-electron chi connectivity index (χ1n) is 8.25. The molecule has 1 aromatic carbocycles. The van der Waals surface area contributed by atoms with Crippen molar-refractivity contribution in [3.8, 4) is 17.2 Å². The first-order valence-corrected chi connectivity index (χ1v) is 8.63. The minimum Gasteiger partial charge on any atom is -0.491 e. The molecule has 0 atom stereocenters. The fourth-order valence-corrected chi connectivity index (χ4v) is 2.21. The molecule has 1 N–H and O–H groups in total. The highest BCUT2D eigenvalue weighted by Gasteiger charge is 2.20. The number of benzene rings is 1. The van der Waals surface area contributed by atoms with Gasteiger partial charge in [0.15, 0.2) is 25.1 Å². The van der Waals surface area contributed by atoms with Crippen molar-refractivity contribution < 1.29 is 43.1 Å². The van der Waals surface area contributed by atoms with Crippen LogP contribution in [0.2, 0.25) is 5.02 Å². The second-order valence-corrected chi connectivity index (χ2v) is 5.52. The van der Waals surface area contributed by atoms with Crippen LogP contribution in [0.4, 0.5) is 0 Å². The van der Waals surface area contributed by atoms with E-state index in [0.717, 1.165) is 6.08 Å². The third-order valence-corrected chi connectivity index (χ3v) is 3.62. The van der Waals surface area contributed by atoms with Gasteiger partial charge in [0.1, 0.15) is 0 Å². The van der Waals surface area contributed by atoms with Crippen LogP contribution >= 0.6 is 11.6 Å². The molecule has 0 spiro atoms. The second-order valence-electron chi connectivity index (χ2n) is 5.14. The number of aliphatic carboxylic acids is 1. The molecule has 0 bridgehead atoms. The van der Waals surface area contributed by atoms with Crippen LogP contribution in [0.15, 0.2) is 12.1 Å². The quantitative estimate of drug-likeness (QED) is 0.260. The number of carboxylic acids is 1. The van der Waals surface area contributed by atoms with Crippen molar-refractivity contribution in [2.24, 2.45) is 0 Å². The third-order valence-electron chi connectivity index (χ3n) is 3.23. The van der Waals surface area contributed by atoms with Crippen molar-refractivity contribution in [2.75, 3.05) is 61.3 Å². The van der Waals surface area contributed by atoms with Gasteiger partial charge < -0.3 is 38.3 Å². The average molecular weight is 421 g/mol. The molecular weight excluding hydrogens is 396 g/mol. The summed E-state index contributed by atoms with van der Waals surface area (Å²) in [5, 5.41) is 9.02. The maximum atomic E-state index is 10.8. The number of rotatable bonds is 15. The van der Waals surface area contributed by atoms with E-state index in [-0.39, 0.29) is 35.9 Å². The number of carboxylic acid groups (broad SMARTS) is 1. The first-order chi connectivity index (χ1) is 13.5. The van der Waals surface area contributed by atoms with Gasteiger partial charge in [-0.2, -0.15) is 0 Å². The maximum absolute atomic E-state index is 10.8. The SMILES string of the molecule is COCCOCOc1cc(C=CC(=O)O)c(Cl)c(OC)c1OCOCCOC. The molecule has 0 fully saturated rings. The Bertz CT molecular complexity index is 634. The molecule has 1 rings (SSSR count). The van der Waals surface area contributed by atoms with Crippen LogP contribution in [-0.2, 0) is 23.7 Å². The summed E-state index contributed by atoms with van der Waals surface area (Å²) in [5.74, 6) is -0.490. The molecule has 0 aliphatic rings. The molecule has 0 aliphatic carbocycles. The van der Waals surface area contributed by atoms with E-state index in [1.54, 1.807) is 14.2 Å². The Kier molecular flexibility index (Phi) is 12.0. The van der Waals surface area contributed by atoms with E-state index in [1.807, 2.05) is 0 Å². The van der Waals surface area contributed by atoms with Crippen LogP contribution in [0.3, 0.4) is 0 Å². The minimum atomic E-state index is -1.12. The summed E-state index contributed by atoms with van der Waals surface area (Å²) in [5.41, 5.74) is 0.375. The van der Waals surface area contributed by atoms with Gasteiger partial charge in [0.2, 0.25) is 5.75 Å². The summed E-state index contributed by atoms with van der Waals surface area (Å²) in [7, 11) is 4.53. The van der Waals surface area contributed by atoms with E-state index in [0.29, 0.717) is 32.0 Å². The average Bonchev–Trinajstić information content (AvgIpc) is 2.67. The van der Waals surface area contributed by atoms with Gasteiger partial charge in [0.25, 0.3) is 0 Å². The van der Waals surface area contributed by atoms with E-state index in [4.69, 9.17) is 49.9 Å². The Morgan fingerprint density at radius 2 is 1.61 bits per heavy atom. The lowest BCUT2D eigenvalue weighted by atomic mass is 10.1. The van der Waals surface area contributed by atoms with Gasteiger partial charge in [-0.05, 0) is 12.1 Å². The topological polar surface area (TPSA) is 102 Å². The predicted molar refractivity (Wildman–Crippen MR) is 101 cm³/mol. The summed E-state index contributed by atoms with van der Waals surface area (Å²) in [6.07, 6.45) is 2.28. The van der Waals surface area contributed by atoms with Gasteiger partial charge in [0.05, 0.1) is 38.6 Å². The predicted octanol–water partition coefficient (Wildman–Crippen LogP) is 2.45. The van der Waals surface area contributed by atoms with Crippen molar-refractivity contribution in [3.05, 3.63) is 22.7 Å². The van der Waals surface area contributed by atoms with Crippen LogP contribution < -0.4 is 14.2 Å². The Balaban J connectivity index is 3.04. The van der Waals surface area contributed by atoms with Crippen LogP contribution in [0.25, 0.3) is 6.08 Å². The molecule has 0 heterocycles. The molecule has 0 aromatic heterocycles.